The SMILES string of the molecule is C=C[C@H]1[C@H](C(C)(C)C)OC(=O)N1S(=O)(=O)c1ccc(C)cc1. The quantitative estimate of drug-likeness (QED) is 0.802. The zero-order valence-corrected chi connectivity index (χ0v) is 14.1. The van der Waals surface area contributed by atoms with Gasteiger partial charge in [0.2, 0.25) is 0 Å². The standard InChI is InChI=1S/C16H21NO4S/c1-6-13-14(16(3,4)5)21-15(18)17(13)22(19,20)12-9-7-11(2)8-10-12/h6-10,13-14H,1H2,2-5H3/t13-,14+/m0/s1. The minimum atomic E-state index is -3.97. The molecule has 22 heavy (non-hydrogen) atoms. The molecular weight excluding hydrogens is 302 g/mol. The zero-order chi connectivity index (χ0) is 16.7. The molecule has 1 aromatic carbocycles. The number of amides is 1. The first kappa shape index (κ1) is 16.5. The van der Waals surface area contributed by atoms with E-state index in [1.165, 1.54) is 18.2 Å². The van der Waals surface area contributed by atoms with Crippen LogP contribution in [0.3, 0.4) is 0 Å². The van der Waals surface area contributed by atoms with Crippen LogP contribution in [0.2, 0.25) is 0 Å². The summed E-state index contributed by atoms with van der Waals surface area (Å²) >= 11 is 0. The van der Waals surface area contributed by atoms with Crippen LogP contribution in [-0.2, 0) is 14.8 Å². The van der Waals surface area contributed by atoms with Crippen LogP contribution in [0.1, 0.15) is 26.3 Å². The smallest absolute Gasteiger partial charge is 0.424 e. The highest BCUT2D eigenvalue weighted by atomic mass is 32.2. The number of hydrogen-bond acceptors (Lipinski definition) is 4. The van der Waals surface area contributed by atoms with Gasteiger partial charge in [-0.1, -0.05) is 44.5 Å². The van der Waals surface area contributed by atoms with E-state index in [0.29, 0.717) is 0 Å². The van der Waals surface area contributed by atoms with E-state index in [1.807, 2.05) is 27.7 Å². The Kier molecular flexibility index (Phi) is 4.08. The van der Waals surface area contributed by atoms with Crippen molar-refractivity contribution in [1.82, 2.24) is 4.31 Å². The summed E-state index contributed by atoms with van der Waals surface area (Å²) in [7, 11) is -3.97. The molecule has 120 valence electrons. The first-order valence-electron chi connectivity index (χ1n) is 7.03. The van der Waals surface area contributed by atoms with Crippen molar-refractivity contribution in [1.29, 1.82) is 0 Å². The van der Waals surface area contributed by atoms with Crippen molar-refractivity contribution in [3.63, 3.8) is 0 Å². The summed E-state index contributed by atoms with van der Waals surface area (Å²) in [6.45, 7) is 11.2. The predicted molar refractivity (Wildman–Crippen MR) is 83.9 cm³/mol. The van der Waals surface area contributed by atoms with Gasteiger partial charge in [0, 0.05) is 5.41 Å². The van der Waals surface area contributed by atoms with Gasteiger partial charge in [0.1, 0.15) is 12.1 Å². The molecule has 2 rings (SSSR count). The molecule has 0 spiro atoms. The van der Waals surface area contributed by atoms with Crippen molar-refractivity contribution < 1.29 is 17.9 Å². The number of nitrogens with zero attached hydrogens (tertiary/aromatic N) is 1. The lowest BCUT2D eigenvalue weighted by molar-refractivity contribution is 0.0631. The van der Waals surface area contributed by atoms with Crippen LogP contribution in [0.5, 0.6) is 0 Å². The van der Waals surface area contributed by atoms with Crippen LogP contribution in [0, 0.1) is 12.3 Å². The number of benzene rings is 1. The normalized spacial score (nSPS) is 22.5. The van der Waals surface area contributed by atoms with Gasteiger partial charge < -0.3 is 4.74 Å². The van der Waals surface area contributed by atoms with Gasteiger partial charge in [0.05, 0.1) is 4.90 Å². The molecule has 6 heteroatoms. The van der Waals surface area contributed by atoms with Gasteiger partial charge in [-0.3, -0.25) is 0 Å². The van der Waals surface area contributed by atoms with Crippen LogP contribution >= 0.6 is 0 Å². The Balaban J connectivity index is 2.48. The Morgan fingerprint density at radius 3 is 2.23 bits per heavy atom. The van der Waals surface area contributed by atoms with Gasteiger partial charge in [-0.15, -0.1) is 6.58 Å². The van der Waals surface area contributed by atoms with E-state index in [4.69, 9.17) is 4.74 Å². The van der Waals surface area contributed by atoms with Gasteiger partial charge in [0.25, 0.3) is 10.0 Å². The van der Waals surface area contributed by atoms with Crippen LogP contribution in [0.25, 0.3) is 0 Å². The van der Waals surface area contributed by atoms with E-state index in [-0.39, 0.29) is 4.90 Å². The summed E-state index contributed by atoms with van der Waals surface area (Å²) in [6, 6.07) is 5.64. The second-order valence-corrected chi connectivity index (χ2v) is 8.33. The highest BCUT2D eigenvalue weighted by Gasteiger charge is 2.51. The molecule has 1 fully saturated rings. The fourth-order valence-electron chi connectivity index (χ4n) is 2.47. The largest absolute Gasteiger partial charge is 0.442 e. The van der Waals surface area contributed by atoms with Crippen molar-refractivity contribution in [3.05, 3.63) is 42.5 Å². The first-order chi connectivity index (χ1) is 10.1. The lowest BCUT2D eigenvalue weighted by atomic mass is 9.85. The fraction of sp³-hybridized carbons (Fsp3) is 0.438. The Morgan fingerprint density at radius 2 is 1.77 bits per heavy atom. The van der Waals surface area contributed by atoms with E-state index in [0.717, 1.165) is 9.87 Å². The van der Waals surface area contributed by atoms with Crippen LogP contribution in [-0.4, -0.2) is 31.0 Å². The maximum Gasteiger partial charge on any atom is 0.424 e. The summed E-state index contributed by atoms with van der Waals surface area (Å²) in [6.07, 6.45) is 0.0233. The molecule has 1 amide bonds. The molecule has 1 aliphatic heterocycles. The summed E-state index contributed by atoms with van der Waals surface area (Å²) in [4.78, 5) is 12.2. The Labute approximate surface area is 131 Å². The van der Waals surface area contributed by atoms with Crippen molar-refractivity contribution >= 4 is 16.1 Å². The average Bonchev–Trinajstić information content (AvgIpc) is 2.76. The van der Waals surface area contributed by atoms with Crippen molar-refractivity contribution in [2.24, 2.45) is 5.41 Å². The Hall–Kier alpha value is -1.82. The lowest BCUT2D eigenvalue weighted by Crippen LogP contribution is -2.43. The molecular formula is C16H21NO4S. The van der Waals surface area contributed by atoms with Gasteiger partial charge in [0.15, 0.2) is 0 Å². The number of cyclic esters (lactones) is 1. The zero-order valence-electron chi connectivity index (χ0n) is 13.2. The van der Waals surface area contributed by atoms with Gasteiger partial charge in [-0.25, -0.2) is 13.2 Å². The Morgan fingerprint density at radius 1 is 1.23 bits per heavy atom. The lowest BCUT2D eigenvalue weighted by Gasteiger charge is -2.29. The van der Waals surface area contributed by atoms with Crippen LogP contribution in [0.15, 0.2) is 41.8 Å². The number of hydrogen-bond donors (Lipinski definition) is 0. The Bertz CT molecular complexity index is 686. The number of ether oxygens (including phenoxy) is 1. The number of carbonyl (C=O) groups excluding carboxylic acids is 1. The van der Waals surface area contributed by atoms with Crippen molar-refractivity contribution in [3.8, 4) is 0 Å². The molecule has 0 aliphatic carbocycles. The predicted octanol–water partition coefficient (Wildman–Crippen LogP) is 3.11. The van der Waals surface area contributed by atoms with Crippen LogP contribution in [0.4, 0.5) is 4.79 Å². The molecule has 0 unspecified atom stereocenters. The minimum absolute atomic E-state index is 0.0662. The molecule has 5 nitrogen and oxygen atoms in total. The third-order valence-corrected chi connectivity index (χ3v) is 5.44. The summed E-state index contributed by atoms with van der Waals surface area (Å²) in [5.74, 6) is 0. The number of rotatable bonds is 3. The molecule has 1 heterocycles. The average molecular weight is 323 g/mol. The van der Waals surface area contributed by atoms with Gasteiger partial charge in [-0.2, -0.15) is 4.31 Å². The van der Waals surface area contributed by atoms with Gasteiger partial charge >= 0.3 is 6.09 Å². The van der Waals surface area contributed by atoms with E-state index in [9.17, 15) is 13.2 Å². The molecule has 0 N–H and O–H groups in total. The monoisotopic (exact) mass is 323 g/mol. The fourth-order valence-corrected chi connectivity index (χ4v) is 3.93. The molecule has 1 aromatic rings. The summed E-state index contributed by atoms with van der Waals surface area (Å²) < 4.78 is 31.7. The topological polar surface area (TPSA) is 63.7 Å². The third kappa shape index (κ3) is 2.75. The molecule has 1 saturated heterocycles. The number of sulfonamides is 1. The highest BCUT2D eigenvalue weighted by Crippen LogP contribution is 2.36. The molecule has 1 aliphatic rings. The first-order valence-corrected chi connectivity index (χ1v) is 8.47. The van der Waals surface area contributed by atoms with Gasteiger partial charge in [-0.05, 0) is 19.1 Å². The molecule has 0 bridgehead atoms. The van der Waals surface area contributed by atoms with E-state index in [2.05, 4.69) is 6.58 Å². The second-order valence-electron chi connectivity index (χ2n) is 6.51. The maximum absolute atomic E-state index is 12.8. The highest BCUT2D eigenvalue weighted by molar-refractivity contribution is 7.89. The van der Waals surface area contributed by atoms with E-state index < -0.39 is 33.7 Å². The summed E-state index contributed by atoms with van der Waals surface area (Å²) in [5, 5.41) is 0. The third-order valence-electron chi connectivity index (χ3n) is 3.66. The summed E-state index contributed by atoms with van der Waals surface area (Å²) in [5.41, 5.74) is 0.544. The molecule has 0 radical (unpaired) electrons. The van der Waals surface area contributed by atoms with E-state index >= 15 is 0 Å². The second kappa shape index (κ2) is 5.43. The van der Waals surface area contributed by atoms with Crippen LogP contribution < -0.4 is 0 Å². The van der Waals surface area contributed by atoms with E-state index in [1.54, 1.807) is 12.1 Å². The number of carbonyl (C=O) groups is 1. The number of aryl methyl sites for hydroxylation is 1. The molecule has 0 saturated carbocycles. The molecule has 0 aromatic heterocycles. The van der Waals surface area contributed by atoms with Crippen molar-refractivity contribution in [2.45, 2.75) is 44.7 Å². The molecule has 2 atom stereocenters. The minimum Gasteiger partial charge on any atom is -0.442 e. The maximum atomic E-state index is 12.8. The van der Waals surface area contributed by atoms with Crippen molar-refractivity contribution in [2.75, 3.05) is 0 Å².